The van der Waals surface area contributed by atoms with Crippen molar-refractivity contribution in [3.8, 4) is 5.75 Å². The van der Waals surface area contributed by atoms with E-state index in [1.165, 1.54) is 0 Å². The number of methoxy groups -OCH3 is 1. The van der Waals surface area contributed by atoms with Crippen LogP contribution in [0, 0.1) is 11.6 Å². The number of oxime groups is 1. The number of morpholine rings is 1. The van der Waals surface area contributed by atoms with E-state index in [0.717, 1.165) is 35.1 Å². The zero-order valence-electron chi connectivity index (χ0n) is 19.1. The minimum atomic E-state index is -1.55. The van der Waals surface area contributed by atoms with Crippen LogP contribution in [0.1, 0.15) is 18.1 Å². The number of hydrogen-bond acceptors (Lipinski definition) is 8. The average molecular weight is 472 g/mol. The van der Waals surface area contributed by atoms with Gasteiger partial charge in [0.25, 0.3) is 5.72 Å². The SMILES string of the molecule is CN/C(C)=C\Nc1ccc(/C=C2/OCCN3C2=NOC3(CO)c2cc(F)cc(F)c2)cc1OC. The molecule has 3 N–H and O–H groups in total. The van der Waals surface area contributed by atoms with Gasteiger partial charge in [0.2, 0.25) is 5.84 Å². The molecule has 0 bridgehead atoms. The van der Waals surface area contributed by atoms with Gasteiger partial charge in [-0.05, 0) is 42.8 Å². The lowest BCUT2D eigenvalue weighted by molar-refractivity contribution is -0.141. The first-order valence-electron chi connectivity index (χ1n) is 10.7. The number of allylic oxidation sites excluding steroid dienone is 1. The molecule has 34 heavy (non-hydrogen) atoms. The van der Waals surface area contributed by atoms with Crippen LogP contribution in [0.5, 0.6) is 5.75 Å². The van der Waals surface area contributed by atoms with Crippen molar-refractivity contribution >= 4 is 17.6 Å². The Morgan fingerprint density at radius 1 is 1.26 bits per heavy atom. The molecular formula is C24H26F2N4O4. The van der Waals surface area contributed by atoms with Gasteiger partial charge < -0.3 is 35.0 Å². The van der Waals surface area contributed by atoms with E-state index >= 15 is 0 Å². The summed E-state index contributed by atoms with van der Waals surface area (Å²) in [6, 6.07) is 8.58. The number of ether oxygens (including phenoxy) is 2. The summed E-state index contributed by atoms with van der Waals surface area (Å²) in [6.45, 7) is 1.93. The van der Waals surface area contributed by atoms with E-state index in [2.05, 4.69) is 15.8 Å². The smallest absolute Gasteiger partial charge is 0.260 e. The molecule has 1 saturated heterocycles. The predicted molar refractivity (Wildman–Crippen MR) is 124 cm³/mol. The molecule has 180 valence electrons. The minimum Gasteiger partial charge on any atom is -0.495 e. The molecule has 2 aliphatic rings. The summed E-state index contributed by atoms with van der Waals surface area (Å²) in [5, 5.41) is 20.5. The maximum Gasteiger partial charge on any atom is 0.260 e. The minimum absolute atomic E-state index is 0.120. The Kier molecular flexibility index (Phi) is 6.60. The summed E-state index contributed by atoms with van der Waals surface area (Å²) in [7, 11) is 3.41. The highest BCUT2D eigenvalue weighted by Gasteiger charge is 2.50. The van der Waals surface area contributed by atoms with E-state index in [4.69, 9.17) is 14.3 Å². The average Bonchev–Trinajstić information content (AvgIpc) is 3.23. The second-order valence-corrected chi connectivity index (χ2v) is 7.80. The molecular weight excluding hydrogens is 446 g/mol. The van der Waals surface area contributed by atoms with Gasteiger partial charge in [0.05, 0.1) is 19.3 Å². The van der Waals surface area contributed by atoms with Gasteiger partial charge in [0, 0.05) is 30.6 Å². The third kappa shape index (κ3) is 4.36. The third-order valence-corrected chi connectivity index (χ3v) is 5.66. The van der Waals surface area contributed by atoms with Gasteiger partial charge in [-0.25, -0.2) is 8.78 Å². The molecule has 0 radical (unpaired) electrons. The van der Waals surface area contributed by atoms with E-state index in [0.29, 0.717) is 23.9 Å². The third-order valence-electron chi connectivity index (χ3n) is 5.66. The van der Waals surface area contributed by atoms with E-state index in [9.17, 15) is 13.9 Å². The molecule has 2 heterocycles. The Hall–Kier alpha value is -3.79. The molecule has 2 aliphatic heterocycles. The van der Waals surface area contributed by atoms with Crippen molar-refractivity contribution in [2.75, 3.05) is 39.2 Å². The van der Waals surface area contributed by atoms with Crippen LogP contribution in [-0.2, 0) is 15.3 Å². The molecule has 0 aliphatic carbocycles. The van der Waals surface area contributed by atoms with Gasteiger partial charge in [0.1, 0.15) is 30.6 Å². The van der Waals surface area contributed by atoms with Crippen LogP contribution in [-0.4, -0.2) is 49.8 Å². The number of nitrogens with zero attached hydrogens (tertiary/aromatic N) is 2. The summed E-state index contributed by atoms with van der Waals surface area (Å²) in [4.78, 5) is 7.24. The zero-order valence-corrected chi connectivity index (χ0v) is 19.1. The second kappa shape index (κ2) is 9.60. The first-order valence-corrected chi connectivity index (χ1v) is 10.7. The number of anilines is 1. The number of hydrogen-bond donors (Lipinski definition) is 3. The topological polar surface area (TPSA) is 87.6 Å². The lowest BCUT2D eigenvalue weighted by Gasteiger charge is -2.38. The predicted octanol–water partition coefficient (Wildman–Crippen LogP) is 3.33. The zero-order chi connectivity index (χ0) is 24.3. The van der Waals surface area contributed by atoms with Crippen molar-refractivity contribution < 1.29 is 28.2 Å². The number of benzene rings is 2. The van der Waals surface area contributed by atoms with Crippen molar-refractivity contribution in [2.24, 2.45) is 5.16 Å². The number of nitrogens with one attached hydrogen (secondary N) is 2. The maximum absolute atomic E-state index is 13.9. The fourth-order valence-corrected chi connectivity index (χ4v) is 3.79. The Labute approximate surface area is 196 Å². The number of halogens is 2. The molecule has 0 spiro atoms. The lowest BCUT2D eigenvalue weighted by atomic mass is 10.00. The molecule has 4 rings (SSSR count). The van der Waals surface area contributed by atoms with Crippen molar-refractivity contribution in [1.29, 1.82) is 0 Å². The van der Waals surface area contributed by atoms with Gasteiger partial charge in [-0.1, -0.05) is 11.2 Å². The van der Waals surface area contributed by atoms with Crippen molar-refractivity contribution in [3.63, 3.8) is 0 Å². The van der Waals surface area contributed by atoms with Crippen molar-refractivity contribution in [2.45, 2.75) is 12.6 Å². The Balaban J connectivity index is 1.64. The monoisotopic (exact) mass is 472 g/mol. The highest BCUT2D eigenvalue weighted by Crippen LogP contribution is 2.39. The van der Waals surface area contributed by atoms with E-state index in [1.807, 2.05) is 38.4 Å². The molecule has 8 nitrogen and oxygen atoms in total. The highest BCUT2D eigenvalue weighted by atomic mass is 19.1. The quantitative estimate of drug-likeness (QED) is 0.570. The van der Waals surface area contributed by atoms with Gasteiger partial charge in [-0.3, -0.25) is 0 Å². The van der Waals surface area contributed by atoms with E-state index < -0.39 is 24.0 Å². The summed E-state index contributed by atoms with van der Waals surface area (Å²) < 4.78 is 39.1. The maximum atomic E-state index is 13.9. The molecule has 2 aromatic carbocycles. The summed E-state index contributed by atoms with van der Waals surface area (Å²) in [5.41, 5.74) is 1.07. The van der Waals surface area contributed by atoms with Gasteiger partial charge in [-0.15, -0.1) is 0 Å². The normalized spacial score (nSPS) is 20.9. The Morgan fingerprint density at radius 2 is 2.03 bits per heavy atom. The fraction of sp³-hybridized carbons (Fsp3) is 0.292. The molecule has 0 aromatic heterocycles. The largest absolute Gasteiger partial charge is 0.495 e. The van der Waals surface area contributed by atoms with Gasteiger partial charge in [-0.2, -0.15) is 0 Å². The highest BCUT2D eigenvalue weighted by molar-refractivity contribution is 6.01. The first kappa shape index (κ1) is 23.4. The van der Waals surface area contributed by atoms with Crippen LogP contribution in [0.25, 0.3) is 6.08 Å². The van der Waals surface area contributed by atoms with Crippen LogP contribution >= 0.6 is 0 Å². The molecule has 1 atom stereocenters. The van der Waals surface area contributed by atoms with Crippen molar-refractivity contribution in [1.82, 2.24) is 10.2 Å². The number of fused-ring (bicyclic) bond motifs is 1. The molecule has 10 heteroatoms. The van der Waals surface area contributed by atoms with Crippen LogP contribution in [0.3, 0.4) is 0 Å². The fourth-order valence-electron chi connectivity index (χ4n) is 3.79. The van der Waals surface area contributed by atoms with E-state index in [1.54, 1.807) is 18.1 Å². The second-order valence-electron chi connectivity index (χ2n) is 7.80. The number of aliphatic hydroxyl groups is 1. The summed E-state index contributed by atoms with van der Waals surface area (Å²) in [6.07, 6.45) is 3.58. The first-order chi connectivity index (χ1) is 16.4. The number of rotatable bonds is 7. The summed E-state index contributed by atoms with van der Waals surface area (Å²) in [5.74, 6) is -0.216. The van der Waals surface area contributed by atoms with Crippen LogP contribution in [0.2, 0.25) is 0 Å². The molecule has 2 aromatic rings. The number of amidine groups is 1. The molecule has 1 fully saturated rings. The Morgan fingerprint density at radius 3 is 2.71 bits per heavy atom. The van der Waals surface area contributed by atoms with Crippen LogP contribution < -0.4 is 15.4 Å². The standard InChI is InChI=1S/C24H26F2N4O4/c1-15(27-2)13-28-20-5-4-16(8-21(20)32-3)9-22-23-29-34-24(14-31,30(23)6-7-33-22)17-10-18(25)12-19(26)11-17/h4-5,8-13,27-28,31H,6-7,14H2,1-3H3/b15-13-,22-9+. The van der Waals surface area contributed by atoms with Gasteiger partial charge in [0.15, 0.2) is 5.76 Å². The van der Waals surface area contributed by atoms with Crippen molar-refractivity contribution in [3.05, 3.63) is 76.8 Å². The van der Waals surface area contributed by atoms with Gasteiger partial charge >= 0.3 is 0 Å². The Bertz CT molecular complexity index is 1150. The summed E-state index contributed by atoms with van der Waals surface area (Å²) >= 11 is 0. The molecule has 0 amide bonds. The number of aliphatic hydroxyl groups excluding tert-OH is 1. The molecule has 0 saturated carbocycles. The molecule has 1 unspecified atom stereocenters. The van der Waals surface area contributed by atoms with Crippen LogP contribution in [0.4, 0.5) is 14.5 Å². The lowest BCUT2D eigenvalue weighted by Crippen LogP contribution is -2.52. The van der Waals surface area contributed by atoms with E-state index in [-0.39, 0.29) is 12.2 Å². The van der Waals surface area contributed by atoms with Crippen LogP contribution in [0.15, 0.2) is 59.2 Å².